The van der Waals surface area contributed by atoms with E-state index in [9.17, 15) is 9.59 Å². The number of ether oxygens (including phenoxy) is 1. The molecule has 0 bridgehead atoms. The van der Waals surface area contributed by atoms with Gasteiger partial charge in [0.1, 0.15) is 5.00 Å². The Labute approximate surface area is 152 Å². The van der Waals surface area contributed by atoms with Gasteiger partial charge in [0.2, 0.25) is 0 Å². The Morgan fingerprint density at radius 1 is 1.39 bits per heavy atom. The van der Waals surface area contributed by atoms with Crippen LogP contribution >= 0.6 is 38.6 Å². The number of amides is 1. The highest BCUT2D eigenvalue weighted by atomic mass is 79.9. The molecule has 1 amide bonds. The highest BCUT2D eigenvalue weighted by Crippen LogP contribution is 2.39. The minimum Gasteiger partial charge on any atom is -0.462 e. The summed E-state index contributed by atoms with van der Waals surface area (Å²) in [5.74, 6) is -0.225. The van der Waals surface area contributed by atoms with Crippen molar-refractivity contribution in [3.8, 4) is 0 Å². The number of carbonyl (C=O) groups excluding carboxylic acids is 2. The van der Waals surface area contributed by atoms with Gasteiger partial charge in [-0.3, -0.25) is 4.79 Å². The van der Waals surface area contributed by atoms with E-state index in [-0.39, 0.29) is 5.91 Å². The normalized spacial score (nSPS) is 10.8. The van der Waals surface area contributed by atoms with E-state index in [4.69, 9.17) is 4.74 Å². The first-order valence-electron chi connectivity index (χ1n) is 7.27. The Kier molecular flexibility index (Phi) is 6.38. The van der Waals surface area contributed by atoms with Gasteiger partial charge in [-0.1, -0.05) is 19.9 Å². The molecule has 0 fully saturated rings. The summed E-state index contributed by atoms with van der Waals surface area (Å²) >= 11 is 6.23. The molecule has 0 atom stereocenters. The van der Waals surface area contributed by atoms with Gasteiger partial charge in [-0.25, -0.2) is 4.79 Å². The minimum absolute atomic E-state index is 0.213. The fourth-order valence-corrected chi connectivity index (χ4v) is 4.51. The van der Waals surface area contributed by atoms with Crippen LogP contribution < -0.4 is 5.32 Å². The van der Waals surface area contributed by atoms with Crippen molar-refractivity contribution in [2.24, 2.45) is 5.92 Å². The van der Waals surface area contributed by atoms with Crippen LogP contribution in [0.4, 0.5) is 5.00 Å². The lowest BCUT2D eigenvalue weighted by Gasteiger charge is -2.09. The second-order valence-electron chi connectivity index (χ2n) is 5.31. The van der Waals surface area contributed by atoms with Gasteiger partial charge in [-0.15, -0.1) is 22.7 Å². The second-order valence-corrected chi connectivity index (χ2v) is 8.59. The van der Waals surface area contributed by atoms with Crippen LogP contribution in [0.25, 0.3) is 0 Å². The third-order valence-electron chi connectivity index (χ3n) is 3.02. The van der Waals surface area contributed by atoms with Crippen LogP contribution in [-0.2, 0) is 11.2 Å². The molecule has 0 aliphatic rings. The van der Waals surface area contributed by atoms with Crippen molar-refractivity contribution in [3.63, 3.8) is 0 Å². The first-order chi connectivity index (χ1) is 10.9. The molecule has 0 unspecified atom stereocenters. The average Bonchev–Trinajstić information content (AvgIpc) is 3.08. The fraction of sp³-hybridized carbons (Fsp3) is 0.375. The van der Waals surface area contributed by atoms with Crippen LogP contribution in [0.3, 0.4) is 0 Å². The standard InChI is InChI=1S/C16H18BrNO3S2/c1-4-21-16(20)12-10(8-9(2)3)13(17)23-15(12)18-14(19)11-6-5-7-22-11/h5-7,9H,4,8H2,1-3H3,(H,18,19). The molecule has 0 aromatic carbocycles. The van der Waals surface area contributed by atoms with Crippen molar-refractivity contribution in [3.05, 3.63) is 37.3 Å². The summed E-state index contributed by atoms with van der Waals surface area (Å²) in [5.41, 5.74) is 1.35. The second kappa shape index (κ2) is 8.08. The Bertz CT molecular complexity index is 692. The van der Waals surface area contributed by atoms with Gasteiger partial charge in [0, 0.05) is 0 Å². The predicted molar refractivity (Wildman–Crippen MR) is 98.8 cm³/mol. The van der Waals surface area contributed by atoms with Gasteiger partial charge in [0.05, 0.1) is 20.8 Å². The smallest absolute Gasteiger partial charge is 0.341 e. The van der Waals surface area contributed by atoms with E-state index in [1.54, 1.807) is 13.0 Å². The molecule has 2 heterocycles. The van der Waals surface area contributed by atoms with Crippen molar-refractivity contribution in [1.82, 2.24) is 0 Å². The van der Waals surface area contributed by atoms with Gasteiger partial charge in [0.25, 0.3) is 5.91 Å². The summed E-state index contributed by atoms with van der Waals surface area (Å²) in [6.07, 6.45) is 0.736. The van der Waals surface area contributed by atoms with Crippen LogP contribution in [0, 0.1) is 5.92 Å². The Hall–Kier alpha value is -1.18. The van der Waals surface area contributed by atoms with Gasteiger partial charge >= 0.3 is 5.97 Å². The highest BCUT2D eigenvalue weighted by molar-refractivity contribution is 9.11. The maximum atomic E-state index is 12.4. The molecule has 0 aliphatic heterocycles. The summed E-state index contributed by atoms with van der Waals surface area (Å²) in [4.78, 5) is 25.3. The number of nitrogens with one attached hydrogen (secondary N) is 1. The molecule has 2 rings (SSSR count). The van der Waals surface area contributed by atoms with Crippen molar-refractivity contribution in [1.29, 1.82) is 0 Å². The molecule has 23 heavy (non-hydrogen) atoms. The van der Waals surface area contributed by atoms with Crippen molar-refractivity contribution in [2.45, 2.75) is 27.2 Å². The lowest BCUT2D eigenvalue weighted by molar-refractivity contribution is 0.0526. The number of thiophene rings is 2. The van der Waals surface area contributed by atoms with Crippen LogP contribution in [0.15, 0.2) is 21.3 Å². The summed E-state index contributed by atoms with van der Waals surface area (Å²) in [6, 6.07) is 3.57. The summed E-state index contributed by atoms with van der Waals surface area (Å²) in [7, 11) is 0. The average molecular weight is 416 g/mol. The zero-order valence-corrected chi connectivity index (χ0v) is 16.4. The first-order valence-corrected chi connectivity index (χ1v) is 9.76. The van der Waals surface area contributed by atoms with E-state index in [1.807, 2.05) is 11.4 Å². The number of hydrogen-bond donors (Lipinski definition) is 1. The molecule has 124 valence electrons. The largest absolute Gasteiger partial charge is 0.462 e. The van der Waals surface area contributed by atoms with Gasteiger partial charge in [0.15, 0.2) is 0 Å². The van der Waals surface area contributed by atoms with E-state index in [0.29, 0.717) is 28.0 Å². The number of esters is 1. The molecule has 2 aromatic rings. The Balaban J connectivity index is 2.37. The van der Waals surface area contributed by atoms with Crippen LogP contribution in [0.5, 0.6) is 0 Å². The molecule has 7 heteroatoms. The zero-order chi connectivity index (χ0) is 17.0. The zero-order valence-electron chi connectivity index (χ0n) is 13.1. The number of anilines is 1. The van der Waals surface area contributed by atoms with Crippen molar-refractivity contribution in [2.75, 3.05) is 11.9 Å². The van der Waals surface area contributed by atoms with Gasteiger partial charge < -0.3 is 10.1 Å². The molecule has 1 N–H and O–H groups in total. The maximum absolute atomic E-state index is 12.4. The first kappa shape index (κ1) is 18.2. The quantitative estimate of drug-likeness (QED) is 0.659. The third-order valence-corrected chi connectivity index (χ3v) is 5.79. The SMILES string of the molecule is CCOC(=O)c1c(NC(=O)c2cccs2)sc(Br)c1CC(C)C. The predicted octanol–water partition coefficient (Wildman–Crippen LogP) is 5.20. The Morgan fingerprint density at radius 3 is 2.70 bits per heavy atom. The van der Waals surface area contributed by atoms with Crippen LogP contribution in [0.1, 0.15) is 46.4 Å². The number of hydrogen-bond acceptors (Lipinski definition) is 5. The minimum atomic E-state index is -0.397. The molecule has 0 saturated carbocycles. The molecular weight excluding hydrogens is 398 g/mol. The van der Waals surface area contributed by atoms with Crippen molar-refractivity contribution < 1.29 is 14.3 Å². The van der Waals surface area contributed by atoms with Crippen LogP contribution in [0.2, 0.25) is 0 Å². The molecule has 2 aromatic heterocycles. The van der Waals surface area contributed by atoms with E-state index < -0.39 is 5.97 Å². The molecule has 0 spiro atoms. The van der Waals surface area contributed by atoms with Crippen molar-refractivity contribution >= 4 is 55.5 Å². The number of rotatable bonds is 6. The van der Waals surface area contributed by atoms with Gasteiger partial charge in [-0.05, 0) is 52.2 Å². The lowest BCUT2D eigenvalue weighted by Crippen LogP contribution is -2.14. The molecule has 4 nitrogen and oxygen atoms in total. The summed E-state index contributed by atoms with van der Waals surface area (Å²) < 4.78 is 6.03. The Morgan fingerprint density at radius 2 is 2.13 bits per heavy atom. The lowest BCUT2D eigenvalue weighted by atomic mass is 10.0. The monoisotopic (exact) mass is 415 g/mol. The van der Waals surface area contributed by atoms with E-state index in [2.05, 4.69) is 35.1 Å². The molecule has 0 radical (unpaired) electrons. The van der Waals surface area contributed by atoms with E-state index >= 15 is 0 Å². The molecular formula is C16H18BrNO3S2. The van der Waals surface area contributed by atoms with Gasteiger partial charge in [-0.2, -0.15) is 0 Å². The molecule has 0 aliphatic carbocycles. The maximum Gasteiger partial charge on any atom is 0.341 e. The van der Waals surface area contributed by atoms with E-state index in [1.165, 1.54) is 22.7 Å². The highest BCUT2D eigenvalue weighted by Gasteiger charge is 2.25. The van der Waals surface area contributed by atoms with Crippen LogP contribution in [-0.4, -0.2) is 18.5 Å². The third kappa shape index (κ3) is 4.43. The van der Waals surface area contributed by atoms with E-state index in [0.717, 1.165) is 15.8 Å². The summed E-state index contributed by atoms with van der Waals surface area (Å²) in [5, 5.41) is 5.22. The molecule has 0 saturated heterocycles. The topological polar surface area (TPSA) is 55.4 Å². The fourth-order valence-electron chi connectivity index (χ4n) is 2.11. The summed E-state index contributed by atoms with van der Waals surface area (Å²) in [6.45, 7) is 6.24. The number of carbonyl (C=O) groups is 2. The number of halogens is 1.